The Labute approximate surface area is 266 Å². The van der Waals surface area contributed by atoms with Crippen molar-refractivity contribution in [2.24, 2.45) is 11.8 Å². The van der Waals surface area contributed by atoms with Crippen molar-refractivity contribution < 1.29 is 17.9 Å². The second kappa shape index (κ2) is 14.3. The van der Waals surface area contributed by atoms with Crippen molar-refractivity contribution >= 4 is 10.0 Å². The van der Waals surface area contributed by atoms with Gasteiger partial charge in [-0.25, -0.2) is 8.42 Å². The maximum atomic E-state index is 13.9. The number of aryl methyl sites for hydroxylation is 2. The number of rotatable bonds is 6. The van der Waals surface area contributed by atoms with Gasteiger partial charge in [0.25, 0.3) is 0 Å². The summed E-state index contributed by atoms with van der Waals surface area (Å²) in [5.74, 6) is 0.932. The Hall–Kier alpha value is -1.11. The van der Waals surface area contributed by atoms with Crippen molar-refractivity contribution in [2.45, 2.75) is 140 Å². The summed E-state index contributed by atoms with van der Waals surface area (Å²) in [6, 6.07) is 8.31. The summed E-state index contributed by atoms with van der Waals surface area (Å²) in [6.07, 6.45) is 9.04. The lowest BCUT2D eigenvalue weighted by molar-refractivity contribution is -0.0649. The summed E-state index contributed by atoms with van der Waals surface area (Å²) in [5.41, 5.74) is 3.68. The van der Waals surface area contributed by atoms with Crippen LogP contribution in [0.25, 0.3) is 0 Å². The molecule has 6 atom stereocenters. The summed E-state index contributed by atoms with van der Waals surface area (Å²) in [6.45, 7) is 12.3. The van der Waals surface area contributed by atoms with Crippen LogP contribution in [0.2, 0.25) is 0 Å². The van der Waals surface area contributed by atoms with Crippen molar-refractivity contribution in [3.63, 3.8) is 0 Å². The molecule has 1 aromatic carbocycles. The van der Waals surface area contributed by atoms with E-state index in [0.717, 1.165) is 84.0 Å². The number of sulfonamides is 1. The van der Waals surface area contributed by atoms with Crippen LogP contribution in [-0.4, -0.2) is 81.6 Å². The highest BCUT2D eigenvalue weighted by Crippen LogP contribution is 2.36. The zero-order valence-electron chi connectivity index (χ0n) is 27.4. The molecule has 9 nitrogen and oxygen atoms in total. The topological polar surface area (TPSA) is 104 Å². The molecule has 2 saturated carbocycles. The van der Waals surface area contributed by atoms with Crippen LogP contribution >= 0.6 is 0 Å². The molecule has 10 heteroatoms. The summed E-state index contributed by atoms with van der Waals surface area (Å²) < 4.78 is 43.1. The van der Waals surface area contributed by atoms with Gasteiger partial charge in [0.1, 0.15) is 12.5 Å². The van der Waals surface area contributed by atoms with E-state index in [9.17, 15) is 8.42 Å². The lowest BCUT2D eigenvalue weighted by Gasteiger charge is -2.49. The molecule has 2 aliphatic carbocycles. The monoisotopic (exact) mass is 631 g/mol. The fourth-order valence-corrected chi connectivity index (χ4v) is 10.3. The minimum atomic E-state index is -3.53. The van der Waals surface area contributed by atoms with Crippen LogP contribution in [0.1, 0.15) is 101 Å². The number of hydrogen-bond donors (Lipinski definition) is 4. The van der Waals surface area contributed by atoms with E-state index in [1.165, 1.54) is 16.7 Å². The van der Waals surface area contributed by atoms with E-state index in [2.05, 4.69) is 71.5 Å². The first kappa shape index (κ1) is 32.8. The van der Waals surface area contributed by atoms with Crippen molar-refractivity contribution in [2.75, 3.05) is 26.4 Å². The molecule has 4 bridgehead atoms. The summed E-state index contributed by atoms with van der Waals surface area (Å²) in [5, 5.41) is 10.7. The zero-order valence-corrected chi connectivity index (χ0v) is 28.2. The first-order valence-corrected chi connectivity index (χ1v) is 19.0. The SMILES string of the molecule is Cc1cccc(C)c1C1CC2NC(N1)NS(=O)(=O)C1CCCC(C1)CN(C1CC(NC3CCOCC3)C1)[C@H](CC(C)C)CO2. The third-order valence-corrected chi connectivity index (χ3v) is 12.8. The Morgan fingerprint density at radius 1 is 0.977 bits per heavy atom. The quantitative estimate of drug-likeness (QED) is 0.373. The van der Waals surface area contributed by atoms with Gasteiger partial charge in [-0.3, -0.25) is 15.5 Å². The van der Waals surface area contributed by atoms with E-state index < -0.39 is 16.3 Å². The fraction of sp³-hybridized carbons (Fsp3) is 0.824. The predicted octanol–water partition coefficient (Wildman–Crippen LogP) is 4.06. The lowest BCUT2D eigenvalue weighted by atomic mass is 9.81. The summed E-state index contributed by atoms with van der Waals surface area (Å²) >= 11 is 0. The second-order valence-corrected chi connectivity index (χ2v) is 16.8. The minimum absolute atomic E-state index is 0.0114. The van der Waals surface area contributed by atoms with Gasteiger partial charge in [-0.1, -0.05) is 38.5 Å². The van der Waals surface area contributed by atoms with Crippen LogP contribution in [0.5, 0.6) is 0 Å². The van der Waals surface area contributed by atoms with Crippen LogP contribution in [0.4, 0.5) is 0 Å². The van der Waals surface area contributed by atoms with E-state index in [1.807, 2.05) is 0 Å². The molecular weight excluding hydrogens is 574 g/mol. The van der Waals surface area contributed by atoms with Crippen LogP contribution in [-0.2, 0) is 19.5 Å². The van der Waals surface area contributed by atoms with E-state index in [-0.39, 0.29) is 17.5 Å². The Kier molecular flexibility index (Phi) is 10.7. The molecule has 248 valence electrons. The second-order valence-electron chi connectivity index (χ2n) is 14.9. The smallest absolute Gasteiger partial charge is 0.216 e. The minimum Gasteiger partial charge on any atom is -0.381 e. The van der Waals surface area contributed by atoms with Gasteiger partial charge >= 0.3 is 0 Å². The molecular formula is C34H57N5O4S. The largest absolute Gasteiger partial charge is 0.381 e. The first-order chi connectivity index (χ1) is 21.1. The van der Waals surface area contributed by atoms with Gasteiger partial charge in [-0.2, -0.15) is 4.72 Å². The highest BCUT2D eigenvalue weighted by atomic mass is 32.2. The molecule has 0 amide bonds. The standard InChI is InChI=1S/C34H57N5O4S/c1-22(2)15-29-21-43-32-19-31(33-23(3)7-5-8-24(33)4)36-34(37-32)38-44(40,41)30-10-6-9-25(16-30)20-39(29)28-17-27(18-28)35-26-11-13-42-14-12-26/h5,7-8,22,25-32,34-38H,6,9-21H2,1-4H3/t25?,27?,28?,29-,30?,31?,32?,34?/m1/s1. The van der Waals surface area contributed by atoms with Crippen LogP contribution in [0.3, 0.4) is 0 Å². The molecule has 5 unspecified atom stereocenters. The van der Waals surface area contributed by atoms with Crippen LogP contribution in [0.15, 0.2) is 18.2 Å². The summed E-state index contributed by atoms with van der Waals surface area (Å²) in [7, 11) is -3.53. The number of benzene rings is 1. The lowest BCUT2D eigenvalue weighted by Crippen LogP contribution is -2.64. The van der Waals surface area contributed by atoms with Crippen molar-refractivity contribution in [1.29, 1.82) is 0 Å². The molecule has 6 rings (SSSR count). The highest BCUT2D eigenvalue weighted by Gasteiger charge is 2.42. The maximum absolute atomic E-state index is 13.9. The van der Waals surface area contributed by atoms with Gasteiger partial charge in [0.15, 0.2) is 0 Å². The van der Waals surface area contributed by atoms with Gasteiger partial charge in [-0.15, -0.1) is 0 Å². The molecule has 0 spiro atoms. The van der Waals surface area contributed by atoms with Gasteiger partial charge in [-0.05, 0) is 93.7 Å². The molecule has 3 saturated heterocycles. The Balaban J connectivity index is 1.25. The molecule has 44 heavy (non-hydrogen) atoms. The molecule has 5 fully saturated rings. The normalized spacial score (nSPS) is 37.4. The average Bonchev–Trinajstić information content (AvgIpc) is 2.96. The van der Waals surface area contributed by atoms with E-state index in [0.29, 0.717) is 42.6 Å². The van der Waals surface area contributed by atoms with E-state index in [4.69, 9.17) is 9.47 Å². The third kappa shape index (κ3) is 7.88. The van der Waals surface area contributed by atoms with Crippen molar-refractivity contribution in [3.05, 3.63) is 34.9 Å². The molecule has 3 heterocycles. The molecule has 4 N–H and O–H groups in total. The summed E-state index contributed by atoms with van der Waals surface area (Å²) in [4.78, 5) is 2.76. The molecule has 3 aliphatic heterocycles. The van der Waals surface area contributed by atoms with Crippen molar-refractivity contribution in [1.82, 2.24) is 25.6 Å². The van der Waals surface area contributed by atoms with Gasteiger partial charge in [0.2, 0.25) is 10.0 Å². The molecule has 1 aromatic rings. The first-order valence-electron chi connectivity index (χ1n) is 17.4. The zero-order chi connectivity index (χ0) is 30.8. The van der Waals surface area contributed by atoms with Gasteiger partial charge in [0.05, 0.1) is 11.9 Å². The third-order valence-electron chi connectivity index (χ3n) is 11.0. The van der Waals surface area contributed by atoms with Crippen LogP contribution in [0, 0.1) is 25.7 Å². The number of ether oxygens (including phenoxy) is 2. The Morgan fingerprint density at radius 2 is 1.73 bits per heavy atom. The van der Waals surface area contributed by atoms with E-state index in [1.54, 1.807) is 0 Å². The number of hydrogen-bond acceptors (Lipinski definition) is 8. The molecule has 5 aliphatic rings. The number of fused-ring (bicyclic) bond motifs is 4. The van der Waals surface area contributed by atoms with Crippen molar-refractivity contribution in [3.8, 4) is 0 Å². The maximum Gasteiger partial charge on any atom is 0.216 e. The number of nitrogens with one attached hydrogen (secondary N) is 4. The van der Waals surface area contributed by atoms with Gasteiger partial charge < -0.3 is 14.8 Å². The van der Waals surface area contributed by atoms with E-state index >= 15 is 0 Å². The molecule has 0 radical (unpaired) electrons. The highest BCUT2D eigenvalue weighted by molar-refractivity contribution is 7.90. The number of nitrogens with zero attached hydrogens (tertiary/aromatic N) is 1. The molecule has 0 aromatic heterocycles. The van der Waals surface area contributed by atoms with Crippen LogP contribution < -0.4 is 20.7 Å². The Morgan fingerprint density at radius 3 is 2.45 bits per heavy atom. The average molecular weight is 632 g/mol. The fourth-order valence-electron chi connectivity index (χ4n) is 8.65. The Bertz CT molecular complexity index is 1180. The van der Waals surface area contributed by atoms with Gasteiger partial charge in [0, 0.05) is 56.4 Å². The predicted molar refractivity (Wildman–Crippen MR) is 175 cm³/mol.